The van der Waals surface area contributed by atoms with Gasteiger partial charge < -0.3 is 11.1 Å². The van der Waals surface area contributed by atoms with Gasteiger partial charge in [0.25, 0.3) is 11.8 Å². The third-order valence-corrected chi connectivity index (χ3v) is 5.08. The van der Waals surface area contributed by atoms with Gasteiger partial charge in [0.05, 0.1) is 10.5 Å². The number of carbonyl (C=O) groups is 2. The normalized spacial score (nSPS) is 12.9. The summed E-state index contributed by atoms with van der Waals surface area (Å²) in [5.41, 5.74) is 5.95. The smallest absolute Gasteiger partial charge is 0.320 e. The minimum absolute atomic E-state index is 0.286. The summed E-state index contributed by atoms with van der Waals surface area (Å²) < 4.78 is 1.32. The molecular formula is C14H15N5O4S. The van der Waals surface area contributed by atoms with Crippen LogP contribution in [0.3, 0.4) is 0 Å². The molecule has 0 saturated heterocycles. The molecule has 2 heterocycles. The van der Waals surface area contributed by atoms with Crippen molar-refractivity contribution in [2.75, 3.05) is 5.32 Å². The molecule has 3 N–H and O–H groups in total. The van der Waals surface area contributed by atoms with Crippen molar-refractivity contribution >= 4 is 33.8 Å². The molecule has 2 aromatic rings. The van der Waals surface area contributed by atoms with Crippen LogP contribution in [0.1, 0.15) is 44.6 Å². The second-order valence-electron chi connectivity index (χ2n) is 5.36. The number of fused-ring (bicyclic) bond motifs is 1. The lowest BCUT2D eigenvalue weighted by Gasteiger charge is -2.04. The zero-order valence-corrected chi connectivity index (χ0v) is 13.7. The fourth-order valence-corrected chi connectivity index (χ4v) is 4.07. The number of aryl methyl sites for hydroxylation is 2. The minimum Gasteiger partial charge on any atom is -0.365 e. The van der Waals surface area contributed by atoms with Crippen LogP contribution in [0.15, 0.2) is 6.20 Å². The molecule has 3 rings (SSSR count). The first-order valence-corrected chi connectivity index (χ1v) is 8.21. The summed E-state index contributed by atoms with van der Waals surface area (Å²) in [5, 5.41) is 17.9. The molecule has 0 atom stereocenters. The third-order valence-electron chi connectivity index (χ3n) is 3.87. The number of hydrogen-bond donors (Lipinski definition) is 2. The van der Waals surface area contributed by atoms with Crippen LogP contribution in [0.25, 0.3) is 0 Å². The van der Waals surface area contributed by atoms with E-state index >= 15 is 0 Å². The molecule has 0 fully saturated rings. The zero-order chi connectivity index (χ0) is 17.4. The lowest BCUT2D eigenvalue weighted by Crippen LogP contribution is -2.19. The largest absolute Gasteiger partial charge is 0.365 e. The molecule has 2 aromatic heterocycles. The van der Waals surface area contributed by atoms with E-state index in [2.05, 4.69) is 10.4 Å². The predicted molar refractivity (Wildman–Crippen MR) is 87.4 cm³/mol. The molecule has 0 unspecified atom stereocenters. The van der Waals surface area contributed by atoms with Crippen molar-refractivity contribution in [3.63, 3.8) is 0 Å². The fraction of sp³-hybridized carbons (Fsp3) is 0.357. The summed E-state index contributed by atoms with van der Waals surface area (Å²) in [7, 11) is 0. The molecule has 0 bridgehead atoms. The second-order valence-corrected chi connectivity index (χ2v) is 6.46. The van der Waals surface area contributed by atoms with Gasteiger partial charge >= 0.3 is 5.69 Å². The van der Waals surface area contributed by atoms with Crippen molar-refractivity contribution in [1.29, 1.82) is 0 Å². The van der Waals surface area contributed by atoms with Crippen LogP contribution in [0, 0.1) is 10.1 Å². The second kappa shape index (κ2) is 6.04. The number of amides is 2. The average molecular weight is 349 g/mol. The molecule has 0 spiro atoms. The Bertz CT molecular complexity index is 854. The van der Waals surface area contributed by atoms with Gasteiger partial charge in [-0.2, -0.15) is 5.10 Å². The van der Waals surface area contributed by atoms with Crippen molar-refractivity contribution in [2.24, 2.45) is 5.73 Å². The average Bonchev–Trinajstić information content (AvgIpc) is 3.19. The molecule has 126 valence electrons. The van der Waals surface area contributed by atoms with Crippen LogP contribution in [0.2, 0.25) is 0 Å². The number of hydrogen-bond acceptors (Lipinski definition) is 6. The zero-order valence-electron chi connectivity index (χ0n) is 12.9. The summed E-state index contributed by atoms with van der Waals surface area (Å²) >= 11 is 1.29. The molecular weight excluding hydrogens is 334 g/mol. The van der Waals surface area contributed by atoms with Crippen molar-refractivity contribution in [2.45, 2.75) is 32.7 Å². The topological polar surface area (TPSA) is 133 Å². The van der Waals surface area contributed by atoms with E-state index in [-0.39, 0.29) is 11.4 Å². The molecule has 0 saturated carbocycles. The van der Waals surface area contributed by atoms with Crippen molar-refractivity contribution in [3.05, 3.63) is 38.0 Å². The number of anilines is 1. The van der Waals surface area contributed by atoms with Gasteiger partial charge in [0.15, 0.2) is 0 Å². The number of nitrogens with zero attached hydrogens (tertiary/aromatic N) is 3. The number of nitrogens with two attached hydrogens (primary N) is 1. The van der Waals surface area contributed by atoms with Crippen LogP contribution in [-0.2, 0) is 19.4 Å². The molecule has 9 nitrogen and oxygen atoms in total. The number of carbonyl (C=O) groups excluding carboxylic acids is 2. The van der Waals surface area contributed by atoms with Gasteiger partial charge in [-0.3, -0.25) is 24.4 Å². The van der Waals surface area contributed by atoms with E-state index in [9.17, 15) is 19.7 Å². The Morgan fingerprint density at radius 2 is 2.25 bits per heavy atom. The highest BCUT2D eigenvalue weighted by atomic mass is 32.1. The predicted octanol–water partition coefficient (Wildman–Crippen LogP) is 1.71. The van der Waals surface area contributed by atoms with Crippen molar-refractivity contribution < 1.29 is 14.5 Å². The van der Waals surface area contributed by atoms with E-state index in [4.69, 9.17) is 5.73 Å². The van der Waals surface area contributed by atoms with Gasteiger partial charge in [0.2, 0.25) is 5.69 Å². The van der Waals surface area contributed by atoms with Crippen LogP contribution in [-0.4, -0.2) is 26.5 Å². The van der Waals surface area contributed by atoms with E-state index < -0.39 is 16.7 Å². The van der Waals surface area contributed by atoms with Crippen molar-refractivity contribution in [3.8, 4) is 0 Å². The Labute approximate surface area is 140 Å². The molecule has 1 aliphatic carbocycles. The number of nitrogens with one attached hydrogen (secondary N) is 1. The number of nitro groups is 1. The lowest BCUT2D eigenvalue weighted by atomic mass is 10.1. The van der Waals surface area contributed by atoms with E-state index in [1.165, 1.54) is 22.2 Å². The quantitative estimate of drug-likeness (QED) is 0.626. The standard InChI is InChI=1S/C14H15N5O4S/c1-2-18-6-8(19(22)23)11(17-18)13(21)16-14-10(12(15)20)7-4-3-5-9(7)24-14/h6H,2-5H2,1H3,(H2,15,20)(H,16,21). The van der Waals surface area contributed by atoms with Gasteiger partial charge in [0.1, 0.15) is 11.2 Å². The molecule has 1 aliphatic rings. The summed E-state index contributed by atoms with van der Waals surface area (Å²) in [4.78, 5) is 35.6. The molecule has 2 amide bonds. The molecule has 0 aliphatic heterocycles. The maximum absolute atomic E-state index is 12.4. The van der Waals surface area contributed by atoms with Gasteiger partial charge in [-0.25, -0.2) is 0 Å². The van der Waals surface area contributed by atoms with E-state index in [0.29, 0.717) is 17.1 Å². The highest BCUT2D eigenvalue weighted by molar-refractivity contribution is 7.17. The maximum atomic E-state index is 12.4. The highest BCUT2D eigenvalue weighted by Crippen LogP contribution is 2.39. The monoisotopic (exact) mass is 349 g/mol. The first kappa shape index (κ1) is 16.1. The van der Waals surface area contributed by atoms with E-state index in [1.807, 2.05) is 0 Å². The highest BCUT2D eigenvalue weighted by Gasteiger charge is 2.30. The SMILES string of the molecule is CCn1cc([N+](=O)[O-])c(C(=O)Nc2sc3c(c2C(N)=O)CCC3)n1. The number of rotatable bonds is 5. The van der Waals surface area contributed by atoms with Crippen molar-refractivity contribution in [1.82, 2.24) is 9.78 Å². The lowest BCUT2D eigenvalue weighted by molar-refractivity contribution is -0.385. The third kappa shape index (κ3) is 2.64. The Morgan fingerprint density at radius 3 is 2.88 bits per heavy atom. The summed E-state index contributed by atoms with van der Waals surface area (Å²) in [5.74, 6) is -1.34. The molecule has 0 radical (unpaired) electrons. The summed E-state index contributed by atoms with van der Waals surface area (Å²) in [6, 6.07) is 0. The Balaban J connectivity index is 1.95. The Kier molecular flexibility index (Phi) is 4.06. The van der Waals surface area contributed by atoms with Gasteiger partial charge in [-0.05, 0) is 31.7 Å². The Morgan fingerprint density at radius 1 is 1.50 bits per heavy atom. The van der Waals surface area contributed by atoms with Gasteiger partial charge in [0, 0.05) is 11.4 Å². The summed E-state index contributed by atoms with van der Waals surface area (Å²) in [6.07, 6.45) is 3.73. The first-order chi connectivity index (χ1) is 11.4. The minimum atomic E-state index is -0.726. The Hall–Kier alpha value is -2.75. The summed E-state index contributed by atoms with van der Waals surface area (Å²) in [6.45, 7) is 2.15. The van der Waals surface area contributed by atoms with Crippen LogP contribution < -0.4 is 11.1 Å². The first-order valence-electron chi connectivity index (χ1n) is 7.39. The van der Waals surface area contributed by atoms with Gasteiger partial charge in [-0.1, -0.05) is 0 Å². The molecule has 0 aromatic carbocycles. The van der Waals surface area contributed by atoms with Crippen LogP contribution >= 0.6 is 11.3 Å². The number of primary amides is 1. The van der Waals surface area contributed by atoms with E-state index in [1.54, 1.807) is 6.92 Å². The van der Waals surface area contributed by atoms with Crippen LogP contribution in [0.5, 0.6) is 0 Å². The fourth-order valence-electron chi connectivity index (χ4n) is 2.78. The maximum Gasteiger partial charge on any atom is 0.320 e. The van der Waals surface area contributed by atoms with Crippen LogP contribution in [0.4, 0.5) is 10.7 Å². The molecule has 10 heteroatoms. The molecule has 24 heavy (non-hydrogen) atoms. The van der Waals surface area contributed by atoms with Gasteiger partial charge in [-0.15, -0.1) is 11.3 Å². The van der Waals surface area contributed by atoms with E-state index in [0.717, 1.165) is 29.7 Å². The number of aromatic nitrogens is 2. The number of thiophene rings is 1.